The summed E-state index contributed by atoms with van der Waals surface area (Å²) in [4.78, 5) is 20.8. The minimum atomic E-state index is -1.17. The maximum Gasteiger partial charge on any atom is 0.405 e. The molecule has 1 aromatic carbocycles. The number of halogens is 1. The van der Waals surface area contributed by atoms with Gasteiger partial charge in [0.25, 0.3) is 0 Å². The first-order valence-electron chi connectivity index (χ1n) is 11.7. The highest BCUT2D eigenvalue weighted by atomic mass is 35.5. The quantitative estimate of drug-likeness (QED) is 0.365. The molecule has 0 saturated heterocycles. The molecule has 2 heterocycles. The summed E-state index contributed by atoms with van der Waals surface area (Å²) in [6.07, 6.45) is 4.77. The smallest absolute Gasteiger partial charge is 0.405 e. The Kier molecular flexibility index (Phi) is 10.4. The number of carbonyl (C=O) groups is 1. The number of hydrogen-bond acceptors (Lipinski definition) is 9. The second-order valence-electron chi connectivity index (χ2n) is 8.41. The molecule has 2 aromatic rings. The van der Waals surface area contributed by atoms with Gasteiger partial charge >= 0.3 is 6.09 Å². The number of nitrogens with one attached hydrogen (secondary N) is 3. The third kappa shape index (κ3) is 8.41. The van der Waals surface area contributed by atoms with Crippen molar-refractivity contribution in [3.63, 3.8) is 0 Å². The Bertz CT molecular complexity index is 1080. The predicted octanol–water partition coefficient (Wildman–Crippen LogP) is 3.28. The van der Waals surface area contributed by atoms with Gasteiger partial charge in [0.1, 0.15) is 17.3 Å². The van der Waals surface area contributed by atoms with Crippen LogP contribution in [0.4, 0.5) is 22.2 Å². The fourth-order valence-corrected chi connectivity index (χ4v) is 3.84. The SMILES string of the molecule is COCCN1CCc2cc(Nc3ncc(Cl)c(NC4CC4)n3)c(OC)cc2CC1.N#CCNC(=O)O. The minimum absolute atomic E-state index is 0.144. The Morgan fingerprint density at radius 3 is 2.58 bits per heavy atom. The van der Waals surface area contributed by atoms with E-state index in [1.165, 1.54) is 11.1 Å². The Balaban J connectivity index is 0.000000454. The number of hydrogen-bond donors (Lipinski definition) is 4. The number of ether oxygens (including phenoxy) is 2. The van der Waals surface area contributed by atoms with E-state index in [4.69, 9.17) is 31.4 Å². The predicted molar refractivity (Wildman–Crippen MR) is 137 cm³/mol. The highest BCUT2D eigenvalue weighted by Gasteiger charge is 2.23. The Hall–Kier alpha value is -3.33. The van der Waals surface area contributed by atoms with Gasteiger partial charge in [-0.15, -0.1) is 0 Å². The second-order valence-corrected chi connectivity index (χ2v) is 8.81. The van der Waals surface area contributed by atoms with E-state index >= 15 is 0 Å². The lowest BCUT2D eigenvalue weighted by molar-refractivity contribution is 0.150. The number of fused-ring (bicyclic) bond motifs is 1. The standard InChI is InChI=1S/C21H28ClN5O2.C3H4N2O2/c1-28-10-9-27-7-5-14-11-18(19(29-2)12-15(14)6-8-27)25-21-23-13-17(22)20(26-21)24-16-3-4-16;4-1-2-5-3(6)7/h11-13,16H,3-10H2,1-2H3,(H2,23,24,25,26);5H,2H2,(H,6,7). The molecule has 1 aliphatic carbocycles. The van der Waals surface area contributed by atoms with E-state index in [0.29, 0.717) is 22.8 Å². The first kappa shape index (κ1) is 27.3. The van der Waals surface area contributed by atoms with Gasteiger partial charge in [-0.25, -0.2) is 9.78 Å². The first-order chi connectivity index (χ1) is 17.4. The van der Waals surface area contributed by atoms with Crippen LogP contribution in [0.25, 0.3) is 0 Å². The molecule has 0 radical (unpaired) electrons. The van der Waals surface area contributed by atoms with Gasteiger partial charge in [-0.2, -0.15) is 10.2 Å². The zero-order chi connectivity index (χ0) is 25.9. The number of aromatic nitrogens is 2. The number of nitriles is 1. The van der Waals surface area contributed by atoms with Crippen molar-refractivity contribution in [1.29, 1.82) is 5.26 Å². The lowest BCUT2D eigenvalue weighted by Crippen LogP contribution is -2.29. The van der Waals surface area contributed by atoms with Crippen LogP contribution in [0.3, 0.4) is 0 Å². The summed E-state index contributed by atoms with van der Waals surface area (Å²) in [6.45, 7) is 3.63. The van der Waals surface area contributed by atoms with E-state index in [-0.39, 0.29) is 6.54 Å². The second kappa shape index (κ2) is 13.7. The van der Waals surface area contributed by atoms with E-state index < -0.39 is 6.09 Å². The molecule has 1 fully saturated rings. The average Bonchev–Trinajstić information content (AvgIpc) is 3.71. The van der Waals surface area contributed by atoms with Crippen LogP contribution in [0.1, 0.15) is 24.0 Å². The molecular formula is C24H32ClN7O4. The van der Waals surface area contributed by atoms with Crippen molar-refractivity contribution in [2.75, 3.05) is 57.6 Å². The van der Waals surface area contributed by atoms with Gasteiger partial charge < -0.3 is 35.4 Å². The number of nitrogens with zero attached hydrogens (tertiary/aromatic N) is 4. The lowest BCUT2D eigenvalue weighted by atomic mass is 10.0. The molecule has 4 N–H and O–H groups in total. The number of benzene rings is 1. The molecule has 36 heavy (non-hydrogen) atoms. The van der Waals surface area contributed by atoms with Crippen LogP contribution in [0, 0.1) is 11.3 Å². The highest BCUT2D eigenvalue weighted by molar-refractivity contribution is 6.32. The van der Waals surface area contributed by atoms with Crippen molar-refractivity contribution in [3.05, 3.63) is 34.5 Å². The summed E-state index contributed by atoms with van der Waals surface area (Å²) >= 11 is 6.24. The number of rotatable bonds is 9. The van der Waals surface area contributed by atoms with Crippen molar-refractivity contribution in [2.45, 2.75) is 31.7 Å². The molecule has 11 nitrogen and oxygen atoms in total. The maximum atomic E-state index is 9.50. The maximum absolute atomic E-state index is 9.50. The van der Waals surface area contributed by atoms with Gasteiger partial charge in [-0.05, 0) is 48.9 Å². The van der Waals surface area contributed by atoms with Crippen LogP contribution >= 0.6 is 11.6 Å². The van der Waals surface area contributed by atoms with E-state index in [0.717, 1.165) is 63.4 Å². The summed E-state index contributed by atoms with van der Waals surface area (Å²) < 4.78 is 10.9. The molecule has 0 unspecified atom stereocenters. The van der Waals surface area contributed by atoms with E-state index in [1.807, 2.05) is 5.32 Å². The fraction of sp³-hybridized carbons (Fsp3) is 0.500. The number of methoxy groups -OCH3 is 2. The molecule has 1 saturated carbocycles. The first-order valence-corrected chi connectivity index (χ1v) is 12.1. The molecule has 0 bridgehead atoms. The molecule has 12 heteroatoms. The Morgan fingerprint density at radius 1 is 1.28 bits per heavy atom. The fourth-order valence-electron chi connectivity index (χ4n) is 3.70. The number of amides is 1. The van der Waals surface area contributed by atoms with Crippen LogP contribution in [0.15, 0.2) is 18.3 Å². The topological polar surface area (TPSA) is 145 Å². The molecule has 1 amide bonds. The van der Waals surface area contributed by atoms with E-state index in [1.54, 1.807) is 26.5 Å². The Labute approximate surface area is 215 Å². The van der Waals surface area contributed by atoms with Gasteiger partial charge in [0.15, 0.2) is 5.82 Å². The van der Waals surface area contributed by atoms with Crippen molar-refractivity contribution in [1.82, 2.24) is 20.2 Å². The Morgan fingerprint density at radius 2 is 2.00 bits per heavy atom. The molecular weight excluding hydrogens is 486 g/mol. The van der Waals surface area contributed by atoms with E-state index in [9.17, 15) is 4.79 Å². The lowest BCUT2D eigenvalue weighted by Gasteiger charge is -2.18. The molecule has 0 spiro atoms. The number of carboxylic acid groups (broad SMARTS) is 1. The average molecular weight is 518 g/mol. The van der Waals surface area contributed by atoms with Crippen LogP contribution in [-0.4, -0.2) is 79.1 Å². The van der Waals surface area contributed by atoms with Gasteiger partial charge in [-0.1, -0.05) is 11.6 Å². The van der Waals surface area contributed by atoms with Crippen molar-refractivity contribution >= 4 is 35.1 Å². The third-order valence-electron chi connectivity index (χ3n) is 5.76. The monoisotopic (exact) mass is 517 g/mol. The summed E-state index contributed by atoms with van der Waals surface area (Å²) in [5, 5.41) is 24.6. The van der Waals surface area contributed by atoms with Crippen molar-refractivity contribution < 1.29 is 19.4 Å². The summed E-state index contributed by atoms with van der Waals surface area (Å²) in [7, 11) is 3.44. The molecule has 2 aliphatic rings. The number of anilines is 3. The van der Waals surface area contributed by atoms with Gasteiger partial charge in [-0.3, -0.25) is 0 Å². The summed E-state index contributed by atoms with van der Waals surface area (Å²) in [6, 6.07) is 6.38. The van der Waals surface area contributed by atoms with Crippen LogP contribution in [-0.2, 0) is 17.6 Å². The third-order valence-corrected chi connectivity index (χ3v) is 6.03. The van der Waals surface area contributed by atoms with Crippen LogP contribution in [0.2, 0.25) is 5.02 Å². The van der Waals surface area contributed by atoms with Gasteiger partial charge in [0.05, 0.1) is 31.7 Å². The highest BCUT2D eigenvalue weighted by Crippen LogP contribution is 2.33. The largest absolute Gasteiger partial charge is 0.495 e. The van der Waals surface area contributed by atoms with Gasteiger partial charge in [0, 0.05) is 32.8 Å². The molecule has 0 atom stereocenters. The summed E-state index contributed by atoms with van der Waals surface area (Å²) in [5.41, 5.74) is 3.54. The summed E-state index contributed by atoms with van der Waals surface area (Å²) in [5.74, 6) is 1.98. The van der Waals surface area contributed by atoms with Crippen LogP contribution < -0.4 is 20.7 Å². The molecule has 194 valence electrons. The van der Waals surface area contributed by atoms with Gasteiger partial charge in [0.2, 0.25) is 5.95 Å². The minimum Gasteiger partial charge on any atom is -0.495 e. The zero-order valence-electron chi connectivity index (χ0n) is 20.5. The molecule has 1 aromatic heterocycles. The van der Waals surface area contributed by atoms with Crippen molar-refractivity contribution in [2.24, 2.45) is 0 Å². The van der Waals surface area contributed by atoms with Crippen molar-refractivity contribution in [3.8, 4) is 11.8 Å². The van der Waals surface area contributed by atoms with Crippen LogP contribution in [0.5, 0.6) is 5.75 Å². The zero-order valence-corrected chi connectivity index (χ0v) is 21.3. The molecule has 4 rings (SSSR count). The molecule has 1 aliphatic heterocycles. The van der Waals surface area contributed by atoms with E-state index in [2.05, 4.69) is 37.6 Å². The normalized spacial score (nSPS) is 14.8.